The molecule has 0 aliphatic heterocycles. The highest BCUT2D eigenvalue weighted by Gasteiger charge is 2.13. The number of hydrogen-bond acceptors (Lipinski definition) is 7. The number of ether oxygens (including phenoxy) is 2. The van der Waals surface area contributed by atoms with Gasteiger partial charge in [0.2, 0.25) is 5.95 Å². The number of tetrazole rings is 1. The molecule has 136 valence electrons. The van der Waals surface area contributed by atoms with Crippen molar-refractivity contribution in [1.82, 2.24) is 25.2 Å². The Labute approximate surface area is 156 Å². The fourth-order valence-electron chi connectivity index (χ4n) is 2.38. The summed E-state index contributed by atoms with van der Waals surface area (Å²) in [6, 6.07) is 7.49. The molecule has 26 heavy (non-hydrogen) atoms. The van der Waals surface area contributed by atoms with E-state index in [2.05, 4.69) is 25.8 Å². The Kier molecular flexibility index (Phi) is 5.85. The Hall–Kier alpha value is -2.87. The smallest absolute Gasteiger partial charge is 0.243 e. The molecule has 0 atom stereocenters. The normalized spacial score (nSPS) is 10.6. The lowest BCUT2D eigenvalue weighted by atomic mass is 10.2. The zero-order chi connectivity index (χ0) is 18.4. The van der Waals surface area contributed by atoms with Crippen LogP contribution in [0.15, 0.2) is 36.7 Å². The van der Waals surface area contributed by atoms with E-state index in [4.69, 9.17) is 21.1 Å². The number of halogens is 1. The zero-order valence-corrected chi connectivity index (χ0v) is 15.3. The molecule has 0 spiro atoms. The molecule has 9 heteroatoms. The molecular weight excluding hydrogens is 356 g/mol. The Morgan fingerprint density at radius 2 is 2.15 bits per heavy atom. The molecule has 0 amide bonds. The number of rotatable bonds is 8. The van der Waals surface area contributed by atoms with E-state index < -0.39 is 0 Å². The summed E-state index contributed by atoms with van der Waals surface area (Å²) in [6.07, 6.45) is 3.46. The van der Waals surface area contributed by atoms with E-state index in [0.29, 0.717) is 42.2 Å². The Morgan fingerprint density at radius 1 is 1.27 bits per heavy atom. The van der Waals surface area contributed by atoms with Gasteiger partial charge in [-0.2, -0.15) is 0 Å². The molecular formula is C17H19ClN6O2. The first-order chi connectivity index (χ1) is 12.7. The largest absolute Gasteiger partial charge is 0.493 e. The summed E-state index contributed by atoms with van der Waals surface area (Å²) in [5, 5.41) is 15.1. The van der Waals surface area contributed by atoms with E-state index in [1.807, 2.05) is 31.2 Å². The molecule has 2 heterocycles. The second-order valence-electron chi connectivity index (χ2n) is 5.43. The minimum absolute atomic E-state index is 0.354. The summed E-state index contributed by atoms with van der Waals surface area (Å²) in [5.74, 6) is 1.66. The van der Waals surface area contributed by atoms with Crippen molar-refractivity contribution >= 4 is 17.5 Å². The van der Waals surface area contributed by atoms with Crippen molar-refractivity contribution in [3.05, 3.63) is 52.8 Å². The fourth-order valence-corrected chi connectivity index (χ4v) is 2.67. The summed E-state index contributed by atoms with van der Waals surface area (Å²) < 4.78 is 12.9. The van der Waals surface area contributed by atoms with Crippen molar-refractivity contribution < 1.29 is 9.47 Å². The topological polar surface area (TPSA) is 87.0 Å². The van der Waals surface area contributed by atoms with E-state index in [9.17, 15) is 0 Å². The predicted molar refractivity (Wildman–Crippen MR) is 97.4 cm³/mol. The minimum atomic E-state index is 0.354. The maximum absolute atomic E-state index is 6.40. The summed E-state index contributed by atoms with van der Waals surface area (Å²) >= 11 is 6.40. The van der Waals surface area contributed by atoms with Crippen LogP contribution in [0.4, 0.5) is 5.95 Å². The van der Waals surface area contributed by atoms with E-state index in [1.165, 1.54) is 0 Å². The van der Waals surface area contributed by atoms with Gasteiger partial charge in [-0.25, -0.2) is 4.68 Å². The van der Waals surface area contributed by atoms with Gasteiger partial charge >= 0.3 is 0 Å². The molecule has 8 nitrogen and oxygen atoms in total. The average molecular weight is 375 g/mol. The number of anilines is 1. The molecule has 0 bridgehead atoms. The van der Waals surface area contributed by atoms with Crippen LogP contribution in [0.3, 0.4) is 0 Å². The van der Waals surface area contributed by atoms with Crippen molar-refractivity contribution in [2.24, 2.45) is 0 Å². The summed E-state index contributed by atoms with van der Waals surface area (Å²) in [5.41, 5.74) is 1.87. The predicted octanol–water partition coefficient (Wildman–Crippen LogP) is 2.94. The van der Waals surface area contributed by atoms with Gasteiger partial charge in [-0.3, -0.25) is 4.98 Å². The second kappa shape index (κ2) is 8.48. The highest BCUT2D eigenvalue weighted by Crippen LogP contribution is 2.37. The van der Waals surface area contributed by atoms with Gasteiger partial charge in [0.05, 0.1) is 12.1 Å². The maximum atomic E-state index is 6.40. The molecule has 3 aromatic rings. The molecule has 1 N–H and O–H groups in total. The molecule has 2 aromatic heterocycles. The lowest BCUT2D eigenvalue weighted by Gasteiger charge is -2.14. The number of aryl methyl sites for hydroxylation is 1. The molecule has 0 saturated carbocycles. The molecule has 0 aliphatic rings. The SMILES string of the molecule is CCn1nnnc1NCc1cc(Cl)c(OCc2cccnc2)c(OC)c1. The van der Waals surface area contributed by atoms with Crippen LogP contribution in [0.1, 0.15) is 18.1 Å². The lowest BCUT2D eigenvalue weighted by Crippen LogP contribution is -2.08. The van der Waals surface area contributed by atoms with Gasteiger partial charge in [0.1, 0.15) is 6.61 Å². The zero-order valence-electron chi connectivity index (χ0n) is 14.5. The molecule has 0 aliphatic carbocycles. The summed E-state index contributed by atoms with van der Waals surface area (Å²) in [6.45, 7) is 3.50. The number of aromatic nitrogens is 5. The third-order valence-corrected chi connectivity index (χ3v) is 3.96. The van der Waals surface area contributed by atoms with Crippen molar-refractivity contribution in [2.45, 2.75) is 26.6 Å². The van der Waals surface area contributed by atoms with E-state index in [1.54, 1.807) is 24.2 Å². The Balaban J connectivity index is 1.72. The third-order valence-electron chi connectivity index (χ3n) is 3.68. The van der Waals surface area contributed by atoms with Crippen molar-refractivity contribution in [3.63, 3.8) is 0 Å². The van der Waals surface area contributed by atoms with E-state index >= 15 is 0 Å². The molecule has 0 saturated heterocycles. The van der Waals surface area contributed by atoms with Crippen LogP contribution < -0.4 is 14.8 Å². The second-order valence-corrected chi connectivity index (χ2v) is 5.84. The number of benzene rings is 1. The van der Waals surface area contributed by atoms with E-state index in [0.717, 1.165) is 11.1 Å². The summed E-state index contributed by atoms with van der Waals surface area (Å²) in [4.78, 5) is 4.07. The van der Waals surface area contributed by atoms with Gasteiger partial charge in [-0.05, 0) is 41.1 Å². The molecule has 0 unspecified atom stereocenters. The van der Waals surface area contributed by atoms with Gasteiger partial charge in [-0.15, -0.1) is 0 Å². The first-order valence-electron chi connectivity index (χ1n) is 8.09. The molecule has 3 rings (SSSR count). The third kappa shape index (κ3) is 4.20. The monoisotopic (exact) mass is 374 g/mol. The highest BCUT2D eigenvalue weighted by molar-refractivity contribution is 6.32. The Bertz CT molecular complexity index is 856. The quantitative estimate of drug-likeness (QED) is 0.648. The van der Waals surface area contributed by atoms with E-state index in [-0.39, 0.29) is 0 Å². The van der Waals surface area contributed by atoms with Crippen LogP contribution >= 0.6 is 11.6 Å². The minimum Gasteiger partial charge on any atom is -0.493 e. The molecule has 0 fully saturated rings. The lowest BCUT2D eigenvalue weighted by molar-refractivity contribution is 0.284. The fraction of sp³-hybridized carbons (Fsp3) is 0.294. The highest BCUT2D eigenvalue weighted by atomic mass is 35.5. The van der Waals surface area contributed by atoms with Gasteiger partial charge in [0, 0.05) is 31.0 Å². The van der Waals surface area contributed by atoms with Crippen molar-refractivity contribution in [3.8, 4) is 11.5 Å². The summed E-state index contributed by atoms with van der Waals surface area (Å²) in [7, 11) is 1.58. The number of pyridine rings is 1. The van der Waals surface area contributed by atoms with Gasteiger partial charge in [0.25, 0.3) is 0 Å². The van der Waals surface area contributed by atoms with Crippen LogP contribution in [0.25, 0.3) is 0 Å². The van der Waals surface area contributed by atoms with Crippen LogP contribution in [-0.4, -0.2) is 32.3 Å². The van der Waals surface area contributed by atoms with Crippen molar-refractivity contribution in [2.75, 3.05) is 12.4 Å². The first-order valence-corrected chi connectivity index (χ1v) is 8.47. The first kappa shape index (κ1) is 17.9. The van der Waals surface area contributed by atoms with Crippen LogP contribution in [0.5, 0.6) is 11.5 Å². The Morgan fingerprint density at radius 3 is 2.88 bits per heavy atom. The molecule has 1 aromatic carbocycles. The van der Waals surface area contributed by atoms with Crippen molar-refractivity contribution in [1.29, 1.82) is 0 Å². The molecule has 0 radical (unpaired) electrons. The van der Waals surface area contributed by atoms with Gasteiger partial charge in [-0.1, -0.05) is 22.8 Å². The van der Waals surface area contributed by atoms with Crippen LogP contribution in [0.2, 0.25) is 5.02 Å². The number of methoxy groups -OCH3 is 1. The van der Waals surface area contributed by atoms with Gasteiger partial charge in [0.15, 0.2) is 11.5 Å². The van der Waals surface area contributed by atoms with Gasteiger partial charge < -0.3 is 14.8 Å². The maximum Gasteiger partial charge on any atom is 0.243 e. The number of nitrogens with zero attached hydrogens (tertiary/aromatic N) is 5. The average Bonchev–Trinajstić information content (AvgIpc) is 3.13. The van der Waals surface area contributed by atoms with Crippen LogP contribution in [0, 0.1) is 0 Å². The van der Waals surface area contributed by atoms with Crippen LogP contribution in [-0.2, 0) is 19.7 Å². The number of hydrogen-bond donors (Lipinski definition) is 1. The number of nitrogens with one attached hydrogen (secondary N) is 1. The standard InChI is InChI=1S/C17H19ClN6O2/c1-3-24-17(21-22-23-24)20-10-13-7-14(18)16(15(8-13)25-2)26-11-12-5-4-6-19-9-12/h4-9H,3,10-11H2,1-2H3,(H,20,21,23).